The van der Waals surface area contributed by atoms with Gasteiger partial charge in [0.05, 0.1) is 19.0 Å². The topological polar surface area (TPSA) is 228 Å². The third-order valence-electron chi connectivity index (χ3n) is 3.65. The van der Waals surface area contributed by atoms with Gasteiger partial charge in [0.1, 0.15) is 12.3 Å². The summed E-state index contributed by atoms with van der Waals surface area (Å²) in [6, 6.07) is 0. The van der Waals surface area contributed by atoms with E-state index in [0.717, 1.165) is 0 Å². The van der Waals surface area contributed by atoms with Gasteiger partial charge < -0.3 is 53.4 Å². The van der Waals surface area contributed by atoms with Crippen molar-refractivity contribution in [1.29, 1.82) is 0 Å². The second kappa shape index (κ2) is 9.26. The first-order valence-corrected chi connectivity index (χ1v) is 10.9. The molecule has 0 radical (unpaired) electrons. The van der Waals surface area contributed by atoms with Crippen LogP contribution in [0.15, 0.2) is 6.33 Å². The van der Waals surface area contributed by atoms with E-state index in [1.165, 1.54) is 10.9 Å². The van der Waals surface area contributed by atoms with Gasteiger partial charge in [0.25, 0.3) is 5.88 Å². The number of nitrogens with two attached hydrogens (primary N) is 1. The normalized spacial score (nSPS) is 22.8. The maximum Gasteiger partial charge on any atom is 0.392 e. The van der Waals surface area contributed by atoms with E-state index in [9.17, 15) is 0 Å². The van der Waals surface area contributed by atoms with Crippen LogP contribution in [0.4, 0.5) is 5.95 Å². The van der Waals surface area contributed by atoms with Crippen molar-refractivity contribution < 1.29 is 47.7 Å². The molecule has 156 valence electrons. The van der Waals surface area contributed by atoms with Crippen molar-refractivity contribution in [2.24, 2.45) is 0 Å². The predicted octanol–water partition coefficient (Wildman–Crippen LogP) is -0.889. The number of nitrogens with zero attached hydrogens (tertiary/aromatic N) is 4. The second-order valence-electron chi connectivity index (χ2n) is 5.37. The first-order valence-electron chi connectivity index (χ1n) is 7.41. The molecular weight excluding hydrogens is 443 g/mol. The lowest BCUT2D eigenvalue weighted by molar-refractivity contribution is -0.0370. The van der Waals surface area contributed by atoms with Gasteiger partial charge in [0.2, 0.25) is 5.95 Å². The van der Waals surface area contributed by atoms with Gasteiger partial charge in [0.15, 0.2) is 11.2 Å². The number of rotatable bonds is 8. The van der Waals surface area contributed by atoms with E-state index < -0.39 is 44.2 Å². The smallest absolute Gasteiger partial charge is 0.392 e. The molecule has 8 N–H and O–H groups in total. The summed E-state index contributed by atoms with van der Waals surface area (Å²) < 4.78 is 21.8. The minimum Gasteiger partial charge on any atom is -0.406 e. The molecule has 0 amide bonds. The summed E-state index contributed by atoms with van der Waals surface area (Å²) in [5.74, 6) is -0.448. The van der Waals surface area contributed by atoms with Gasteiger partial charge in [-0.3, -0.25) is 4.57 Å². The lowest BCUT2D eigenvalue weighted by Crippen LogP contribution is -2.27. The van der Waals surface area contributed by atoms with Crippen LogP contribution in [0.25, 0.3) is 11.2 Å². The number of hydrogen-bond donors (Lipinski definition) is 7. The van der Waals surface area contributed by atoms with Crippen LogP contribution in [-0.4, -0.2) is 67.7 Å². The minimum absolute atomic E-state index is 0.0892. The van der Waals surface area contributed by atoms with E-state index in [-0.39, 0.29) is 36.0 Å². The molecule has 0 unspecified atom stereocenters. The number of imidazole rings is 1. The molecule has 1 fully saturated rings. The molecule has 28 heavy (non-hydrogen) atoms. The Hall–Kier alpha value is -0.920. The van der Waals surface area contributed by atoms with E-state index in [4.69, 9.17) is 53.4 Å². The quantitative estimate of drug-likeness (QED) is 0.238. The molecule has 1 aliphatic heterocycles. The summed E-state index contributed by atoms with van der Waals surface area (Å²) in [5, 5.41) is 0. The zero-order valence-corrected chi connectivity index (χ0v) is 16.4. The lowest BCUT2D eigenvalue weighted by Gasteiger charge is -2.18. The van der Waals surface area contributed by atoms with Crippen LogP contribution in [0.5, 0.6) is 5.88 Å². The van der Waals surface area contributed by atoms with E-state index in [1.54, 1.807) is 0 Å². The average molecular weight is 459 g/mol. The Labute approximate surface area is 160 Å². The largest absolute Gasteiger partial charge is 0.406 e. The van der Waals surface area contributed by atoms with Crippen molar-refractivity contribution in [1.82, 2.24) is 19.5 Å². The summed E-state index contributed by atoms with van der Waals surface area (Å²) >= 11 is 0. The standard InChI is InChI=1S/C10H16N5O10P3/c11-10-13-8-7(9(14-10)25-28(20)21)12-3-15(8)6-1-4(24-27(18)19)5(23-6)2-22-26(16)17/h3-6,16-21H,1-2H2,(H2,11,13,14)/t4-,5+,6+/m0/s1. The molecule has 1 saturated heterocycles. The van der Waals surface area contributed by atoms with Crippen molar-refractivity contribution in [2.45, 2.75) is 24.9 Å². The molecule has 3 heterocycles. The van der Waals surface area contributed by atoms with Crippen LogP contribution in [0.3, 0.4) is 0 Å². The van der Waals surface area contributed by atoms with Crippen LogP contribution in [0.2, 0.25) is 0 Å². The molecule has 0 aliphatic carbocycles. The predicted molar refractivity (Wildman–Crippen MR) is 93.8 cm³/mol. The summed E-state index contributed by atoms with van der Waals surface area (Å²) in [4.78, 5) is 66.1. The molecule has 18 heteroatoms. The van der Waals surface area contributed by atoms with Crippen LogP contribution < -0.4 is 10.3 Å². The molecule has 0 aromatic carbocycles. The van der Waals surface area contributed by atoms with Crippen molar-refractivity contribution in [3.63, 3.8) is 0 Å². The van der Waals surface area contributed by atoms with Gasteiger partial charge in [-0.2, -0.15) is 9.97 Å². The molecule has 0 bridgehead atoms. The monoisotopic (exact) mass is 459 g/mol. The van der Waals surface area contributed by atoms with Crippen molar-refractivity contribution in [2.75, 3.05) is 12.3 Å². The number of ether oxygens (including phenoxy) is 1. The molecule has 3 atom stereocenters. The third-order valence-corrected chi connectivity index (χ3v) is 4.83. The zero-order chi connectivity index (χ0) is 20.4. The Bertz CT molecular complexity index is 809. The Morgan fingerprint density at radius 2 is 1.89 bits per heavy atom. The van der Waals surface area contributed by atoms with Crippen LogP contribution >= 0.6 is 25.8 Å². The number of anilines is 1. The summed E-state index contributed by atoms with van der Waals surface area (Å²) in [5.41, 5.74) is 5.87. The third kappa shape index (κ3) is 5.16. The van der Waals surface area contributed by atoms with Crippen molar-refractivity contribution >= 4 is 42.9 Å². The van der Waals surface area contributed by atoms with Gasteiger partial charge in [-0.1, -0.05) is 0 Å². The summed E-state index contributed by atoms with van der Waals surface area (Å²) in [6.07, 6.45) is -1.03. The fraction of sp³-hybridized carbons (Fsp3) is 0.500. The molecule has 0 saturated carbocycles. The molecule has 0 spiro atoms. The molecule has 15 nitrogen and oxygen atoms in total. The lowest BCUT2D eigenvalue weighted by atomic mass is 10.2. The highest BCUT2D eigenvalue weighted by molar-refractivity contribution is 7.40. The van der Waals surface area contributed by atoms with E-state index in [0.29, 0.717) is 0 Å². The number of aromatic nitrogens is 4. The number of nitrogen functional groups attached to an aromatic ring is 1. The maximum atomic E-state index is 9.14. The minimum atomic E-state index is -2.76. The van der Waals surface area contributed by atoms with Gasteiger partial charge in [-0.15, -0.1) is 0 Å². The fourth-order valence-electron chi connectivity index (χ4n) is 2.65. The second-order valence-corrected chi connectivity index (χ2v) is 7.53. The highest BCUT2D eigenvalue weighted by Gasteiger charge is 2.40. The van der Waals surface area contributed by atoms with E-state index in [1.807, 2.05) is 0 Å². The van der Waals surface area contributed by atoms with Crippen molar-refractivity contribution in [3.8, 4) is 5.88 Å². The Balaban J connectivity index is 1.88. The molecular formula is C10H16N5O10P3. The zero-order valence-electron chi connectivity index (χ0n) is 13.7. The number of hydrogen-bond acceptors (Lipinski definition) is 14. The molecule has 2 aromatic rings. The van der Waals surface area contributed by atoms with Gasteiger partial charge in [0, 0.05) is 6.42 Å². The fourth-order valence-corrected chi connectivity index (χ4v) is 3.68. The molecule has 1 aliphatic rings. The first-order chi connectivity index (χ1) is 13.2. The van der Waals surface area contributed by atoms with Gasteiger partial charge >= 0.3 is 25.8 Å². The average Bonchev–Trinajstić information content (AvgIpc) is 3.15. The summed E-state index contributed by atoms with van der Waals surface area (Å²) in [7, 11) is -8.09. The van der Waals surface area contributed by atoms with Crippen LogP contribution in [0, 0.1) is 0 Å². The highest BCUT2D eigenvalue weighted by Crippen LogP contribution is 2.41. The van der Waals surface area contributed by atoms with Crippen LogP contribution in [0.1, 0.15) is 12.6 Å². The summed E-state index contributed by atoms with van der Waals surface area (Å²) in [6.45, 7) is -0.277. The Morgan fingerprint density at radius 1 is 1.14 bits per heavy atom. The maximum absolute atomic E-state index is 9.14. The van der Waals surface area contributed by atoms with E-state index >= 15 is 0 Å². The van der Waals surface area contributed by atoms with Gasteiger partial charge in [-0.25, -0.2) is 4.98 Å². The van der Waals surface area contributed by atoms with Gasteiger partial charge in [-0.05, 0) is 0 Å². The van der Waals surface area contributed by atoms with Crippen molar-refractivity contribution in [3.05, 3.63) is 6.33 Å². The number of fused-ring (bicyclic) bond motifs is 1. The van der Waals surface area contributed by atoms with Crippen LogP contribution in [-0.2, 0) is 13.8 Å². The highest BCUT2D eigenvalue weighted by atomic mass is 31.2. The Kier molecular flexibility index (Phi) is 7.21. The SMILES string of the molecule is Nc1nc(OP(O)O)c2ncn([C@H]3C[C@H](OP(O)O)[C@@H](COP(O)O)O3)c2n1. The Morgan fingerprint density at radius 3 is 2.54 bits per heavy atom. The first kappa shape index (κ1) is 21.8. The molecule has 2 aromatic heterocycles. The molecule has 3 rings (SSSR count). The van der Waals surface area contributed by atoms with E-state index in [2.05, 4.69) is 15.0 Å².